The number of carbonyl (C=O) groups excluding carboxylic acids is 2. The van der Waals surface area contributed by atoms with E-state index in [4.69, 9.17) is 0 Å². The van der Waals surface area contributed by atoms with E-state index in [1.54, 1.807) is 12.1 Å². The van der Waals surface area contributed by atoms with Gasteiger partial charge in [0.15, 0.2) is 0 Å². The number of amides is 2. The number of hydrogen-bond acceptors (Lipinski definition) is 2. The molecular formula is C24H21BrN2O2. The molecule has 0 saturated carbocycles. The van der Waals surface area contributed by atoms with Gasteiger partial charge in [-0.25, -0.2) is 0 Å². The number of nitrogens with one attached hydrogen (secondary N) is 1. The van der Waals surface area contributed by atoms with Crippen molar-refractivity contribution in [1.29, 1.82) is 0 Å². The molecule has 0 radical (unpaired) electrons. The van der Waals surface area contributed by atoms with Crippen LogP contribution in [0, 0.1) is 6.92 Å². The van der Waals surface area contributed by atoms with Crippen LogP contribution in [0.2, 0.25) is 0 Å². The molecule has 0 aromatic heterocycles. The van der Waals surface area contributed by atoms with Crippen LogP contribution in [-0.2, 0) is 13.0 Å². The van der Waals surface area contributed by atoms with Gasteiger partial charge in [-0.05, 0) is 66.9 Å². The standard InChI is InChI=1S/C24H21BrN2O2/c1-16-2-5-19(6-3-16)24(29)27-13-12-20-14-17(4-11-22(20)27)15-26-23(28)18-7-9-21(25)10-8-18/h2-11,14H,12-13,15H2,1H3,(H,26,28). The van der Waals surface area contributed by atoms with Crippen molar-refractivity contribution < 1.29 is 9.59 Å². The van der Waals surface area contributed by atoms with E-state index < -0.39 is 0 Å². The lowest BCUT2D eigenvalue weighted by Crippen LogP contribution is -2.28. The van der Waals surface area contributed by atoms with Crippen molar-refractivity contribution in [2.75, 3.05) is 11.4 Å². The third kappa shape index (κ3) is 4.25. The van der Waals surface area contributed by atoms with Gasteiger partial charge in [-0.3, -0.25) is 9.59 Å². The minimum atomic E-state index is -0.103. The maximum atomic E-state index is 12.9. The number of halogens is 1. The number of fused-ring (bicyclic) bond motifs is 1. The minimum absolute atomic E-state index is 0.0278. The van der Waals surface area contributed by atoms with Crippen molar-refractivity contribution in [3.8, 4) is 0 Å². The summed E-state index contributed by atoms with van der Waals surface area (Å²) in [6, 6.07) is 21.0. The van der Waals surface area contributed by atoms with Gasteiger partial charge in [-0.1, -0.05) is 45.8 Å². The summed E-state index contributed by atoms with van der Waals surface area (Å²) in [6.07, 6.45) is 0.821. The molecular weight excluding hydrogens is 428 g/mol. The second-order valence-corrected chi connectivity index (χ2v) is 8.14. The number of nitrogens with zero attached hydrogens (tertiary/aromatic N) is 1. The molecule has 146 valence electrons. The molecule has 0 bridgehead atoms. The first-order valence-electron chi connectivity index (χ1n) is 9.55. The first-order chi connectivity index (χ1) is 14.0. The van der Waals surface area contributed by atoms with E-state index >= 15 is 0 Å². The first kappa shape index (κ1) is 19.4. The molecule has 0 spiro atoms. The molecule has 1 aliphatic heterocycles. The Morgan fingerprint density at radius 1 is 0.966 bits per heavy atom. The van der Waals surface area contributed by atoms with Crippen molar-refractivity contribution >= 4 is 33.4 Å². The van der Waals surface area contributed by atoms with E-state index in [1.807, 2.05) is 60.4 Å². The molecule has 0 fully saturated rings. The molecule has 0 atom stereocenters. The topological polar surface area (TPSA) is 49.4 Å². The van der Waals surface area contributed by atoms with E-state index in [0.29, 0.717) is 24.2 Å². The van der Waals surface area contributed by atoms with Gasteiger partial charge in [0.2, 0.25) is 0 Å². The highest BCUT2D eigenvalue weighted by Crippen LogP contribution is 2.30. The van der Waals surface area contributed by atoms with Crippen LogP contribution in [0.25, 0.3) is 0 Å². The molecule has 1 heterocycles. The summed E-state index contributed by atoms with van der Waals surface area (Å²) in [5.41, 5.74) is 5.59. The minimum Gasteiger partial charge on any atom is -0.348 e. The smallest absolute Gasteiger partial charge is 0.258 e. The lowest BCUT2D eigenvalue weighted by molar-refractivity contribution is 0.0949. The van der Waals surface area contributed by atoms with Crippen molar-refractivity contribution in [2.45, 2.75) is 19.9 Å². The highest BCUT2D eigenvalue weighted by Gasteiger charge is 2.25. The summed E-state index contributed by atoms with van der Waals surface area (Å²) in [7, 11) is 0. The van der Waals surface area contributed by atoms with Gasteiger partial charge < -0.3 is 10.2 Å². The van der Waals surface area contributed by atoms with Crippen LogP contribution < -0.4 is 10.2 Å². The lowest BCUT2D eigenvalue weighted by atomic mass is 10.1. The number of benzene rings is 3. The van der Waals surface area contributed by atoms with Crippen LogP contribution in [0.15, 0.2) is 71.2 Å². The molecule has 0 saturated heterocycles. The average Bonchev–Trinajstić information content (AvgIpc) is 3.16. The Morgan fingerprint density at radius 2 is 1.66 bits per heavy atom. The molecule has 1 N–H and O–H groups in total. The van der Waals surface area contributed by atoms with Gasteiger partial charge in [-0.15, -0.1) is 0 Å². The largest absolute Gasteiger partial charge is 0.348 e. The number of aryl methyl sites for hydroxylation is 1. The van der Waals surface area contributed by atoms with E-state index in [0.717, 1.165) is 33.3 Å². The SMILES string of the molecule is Cc1ccc(C(=O)N2CCc3cc(CNC(=O)c4ccc(Br)cc4)ccc32)cc1. The van der Waals surface area contributed by atoms with Gasteiger partial charge in [0.05, 0.1) is 0 Å². The summed E-state index contributed by atoms with van der Waals surface area (Å²) in [5.74, 6) is -0.0748. The maximum absolute atomic E-state index is 12.9. The Hall–Kier alpha value is -2.92. The van der Waals surface area contributed by atoms with Crippen LogP contribution in [0.5, 0.6) is 0 Å². The predicted molar refractivity (Wildman–Crippen MR) is 118 cm³/mol. The van der Waals surface area contributed by atoms with Gasteiger partial charge in [0.1, 0.15) is 0 Å². The zero-order chi connectivity index (χ0) is 20.4. The van der Waals surface area contributed by atoms with Crippen molar-refractivity contribution in [3.63, 3.8) is 0 Å². The summed E-state index contributed by atoms with van der Waals surface area (Å²) >= 11 is 3.37. The van der Waals surface area contributed by atoms with Crippen LogP contribution in [0.4, 0.5) is 5.69 Å². The number of anilines is 1. The molecule has 5 heteroatoms. The molecule has 4 rings (SSSR count). The van der Waals surface area contributed by atoms with Gasteiger partial charge in [0, 0.05) is 34.4 Å². The Labute approximate surface area is 178 Å². The van der Waals surface area contributed by atoms with E-state index in [9.17, 15) is 9.59 Å². The third-order valence-corrected chi connectivity index (χ3v) is 5.67. The zero-order valence-corrected chi connectivity index (χ0v) is 17.7. The highest BCUT2D eigenvalue weighted by atomic mass is 79.9. The first-order valence-corrected chi connectivity index (χ1v) is 10.3. The van der Waals surface area contributed by atoms with Gasteiger partial charge >= 0.3 is 0 Å². The second-order valence-electron chi connectivity index (χ2n) is 7.23. The van der Waals surface area contributed by atoms with Crippen molar-refractivity contribution in [2.24, 2.45) is 0 Å². The maximum Gasteiger partial charge on any atom is 0.258 e. The molecule has 0 unspecified atom stereocenters. The van der Waals surface area contributed by atoms with Crippen molar-refractivity contribution in [1.82, 2.24) is 5.32 Å². The van der Waals surface area contributed by atoms with Crippen LogP contribution in [-0.4, -0.2) is 18.4 Å². The number of rotatable bonds is 4. The number of hydrogen-bond donors (Lipinski definition) is 1. The fraction of sp³-hybridized carbons (Fsp3) is 0.167. The van der Waals surface area contributed by atoms with E-state index in [2.05, 4.69) is 27.3 Å². The third-order valence-electron chi connectivity index (χ3n) is 5.14. The second kappa shape index (κ2) is 8.21. The lowest BCUT2D eigenvalue weighted by Gasteiger charge is -2.18. The summed E-state index contributed by atoms with van der Waals surface area (Å²) in [4.78, 5) is 27.0. The molecule has 4 nitrogen and oxygen atoms in total. The van der Waals surface area contributed by atoms with Gasteiger partial charge in [0.25, 0.3) is 11.8 Å². The highest BCUT2D eigenvalue weighted by molar-refractivity contribution is 9.10. The summed E-state index contributed by atoms with van der Waals surface area (Å²) in [6.45, 7) is 3.14. The Kier molecular flexibility index (Phi) is 5.49. The van der Waals surface area contributed by atoms with Crippen LogP contribution >= 0.6 is 15.9 Å². The monoisotopic (exact) mass is 448 g/mol. The molecule has 2 amide bonds. The van der Waals surface area contributed by atoms with Gasteiger partial charge in [-0.2, -0.15) is 0 Å². The van der Waals surface area contributed by atoms with Crippen molar-refractivity contribution in [3.05, 3.63) is 99.0 Å². The predicted octanol–water partition coefficient (Wildman–Crippen LogP) is 4.89. The molecule has 29 heavy (non-hydrogen) atoms. The molecule has 1 aliphatic rings. The fourth-order valence-corrected chi connectivity index (χ4v) is 3.78. The number of carbonyl (C=O) groups is 2. The van der Waals surface area contributed by atoms with Crippen LogP contribution in [0.1, 0.15) is 37.4 Å². The Balaban J connectivity index is 1.44. The zero-order valence-electron chi connectivity index (χ0n) is 16.1. The quantitative estimate of drug-likeness (QED) is 0.617. The normalized spacial score (nSPS) is 12.6. The van der Waals surface area contributed by atoms with E-state index in [-0.39, 0.29) is 11.8 Å². The van der Waals surface area contributed by atoms with Crippen LogP contribution in [0.3, 0.4) is 0 Å². The molecule has 3 aromatic carbocycles. The Morgan fingerprint density at radius 3 is 2.38 bits per heavy atom. The Bertz CT molecular complexity index is 1060. The molecule has 0 aliphatic carbocycles. The van der Waals surface area contributed by atoms with E-state index in [1.165, 1.54) is 0 Å². The average molecular weight is 449 g/mol. The molecule has 3 aromatic rings. The fourth-order valence-electron chi connectivity index (χ4n) is 3.51. The summed E-state index contributed by atoms with van der Waals surface area (Å²) < 4.78 is 0.942. The summed E-state index contributed by atoms with van der Waals surface area (Å²) in [5, 5.41) is 2.96.